The van der Waals surface area contributed by atoms with Crippen molar-refractivity contribution in [1.82, 2.24) is 9.97 Å². The van der Waals surface area contributed by atoms with E-state index in [0.29, 0.717) is 11.0 Å². The zero-order valence-electron chi connectivity index (χ0n) is 8.03. The van der Waals surface area contributed by atoms with Crippen LogP contribution in [0.2, 0.25) is 0 Å². The lowest BCUT2D eigenvalue weighted by Gasteiger charge is -2.03. The van der Waals surface area contributed by atoms with Gasteiger partial charge in [-0.15, -0.1) is 0 Å². The van der Waals surface area contributed by atoms with Crippen molar-refractivity contribution in [3.8, 4) is 0 Å². The Labute approximate surface area is 85.1 Å². The SMILES string of the molecule is COC(=O)C(F)c1c[nH]c2cccnc12. The van der Waals surface area contributed by atoms with Gasteiger partial charge in [-0.25, -0.2) is 9.18 Å². The summed E-state index contributed by atoms with van der Waals surface area (Å²) >= 11 is 0. The molecule has 0 amide bonds. The van der Waals surface area contributed by atoms with Crippen molar-refractivity contribution in [1.29, 1.82) is 0 Å². The van der Waals surface area contributed by atoms with Crippen LogP contribution in [-0.4, -0.2) is 23.0 Å². The highest BCUT2D eigenvalue weighted by Gasteiger charge is 2.23. The number of hydrogen-bond acceptors (Lipinski definition) is 3. The van der Waals surface area contributed by atoms with Gasteiger partial charge in [-0.2, -0.15) is 0 Å². The molecule has 0 aromatic carbocycles. The van der Waals surface area contributed by atoms with Crippen molar-refractivity contribution in [3.05, 3.63) is 30.1 Å². The molecule has 4 nitrogen and oxygen atoms in total. The average molecular weight is 208 g/mol. The van der Waals surface area contributed by atoms with Crippen LogP contribution < -0.4 is 0 Å². The standard InChI is InChI=1S/C10H9FN2O2/c1-15-10(14)8(11)6-5-13-7-3-2-4-12-9(6)7/h2-5,8,13H,1H3. The van der Waals surface area contributed by atoms with Crippen LogP contribution in [0.1, 0.15) is 11.7 Å². The molecular formula is C10H9FN2O2. The van der Waals surface area contributed by atoms with Gasteiger partial charge in [-0.3, -0.25) is 4.98 Å². The number of H-pyrrole nitrogens is 1. The van der Waals surface area contributed by atoms with Crippen LogP contribution in [-0.2, 0) is 9.53 Å². The Balaban J connectivity index is 2.48. The number of carbonyl (C=O) groups excluding carboxylic acids is 1. The van der Waals surface area contributed by atoms with Crippen LogP contribution in [0.4, 0.5) is 4.39 Å². The van der Waals surface area contributed by atoms with E-state index in [-0.39, 0.29) is 5.56 Å². The van der Waals surface area contributed by atoms with E-state index < -0.39 is 12.1 Å². The molecule has 1 atom stereocenters. The minimum absolute atomic E-state index is 0.206. The fourth-order valence-electron chi connectivity index (χ4n) is 1.40. The smallest absolute Gasteiger partial charge is 0.345 e. The van der Waals surface area contributed by atoms with Crippen LogP contribution >= 0.6 is 0 Å². The molecule has 78 valence electrons. The number of rotatable bonds is 2. The molecule has 5 heteroatoms. The molecule has 2 rings (SSSR count). The molecule has 2 heterocycles. The number of pyridine rings is 1. The van der Waals surface area contributed by atoms with E-state index in [9.17, 15) is 9.18 Å². The van der Waals surface area contributed by atoms with E-state index in [1.807, 2.05) is 0 Å². The van der Waals surface area contributed by atoms with Gasteiger partial charge in [-0.1, -0.05) is 0 Å². The van der Waals surface area contributed by atoms with Crippen molar-refractivity contribution in [2.45, 2.75) is 6.17 Å². The lowest BCUT2D eigenvalue weighted by molar-refractivity contribution is -0.146. The third-order valence-corrected chi connectivity index (χ3v) is 2.15. The Kier molecular flexibility index (Phi) is 2.37. The molecule has 0 bridgehead atoms. The minimum atomic E-state index is -1.79. The molecule has 0 fully saturated rings. The van der Waals surface area contributed by atoms with Gasteiger partial charge in [-0.05, 0) is 12.1 Å². The first kappa shape index (κ1) is 9.64. The highest BCUT2D eigenvalue weighted by atomic mass is 19.1. The molecule has 0 aliphatic carbocycles. The Hall–Kier alpha value is -1.91. The van der Waals surface area contributed by atoms with Gasteiger partial charge in [0.2, 0.25) is 6.17 Å². The van der Waals surface area contributed by atoms with Crippen molar-refractivity contribution in [2.75, 3.05) is 7.11 Å². The van der Waals surface area contributed by atoms with Crippen molar-refractivity contribution in [3.63, 3.8) is 0 Å². The molecular weight excluding hydrogens is 199 g/mol. The summed E-state index contributed by atoms with van der Waals surface area (Å²) in [7, 11) is 1.15. The summed E-state index contributed by atoms with van der Waals surface area (Å²) in [5.74, 6) is -0.915. The fraction of sp³-hybridized carbons (Fsp3) is 0.200. The van der Waals surface area contributed by atoms with Crippen LogP contribution in [0.25, 0.3) is 11.0 Å². The highest BCUT2D eigenvalue weighted by Crippen LogP contribution is 2.25. The molecule has 1 unspecified atom stereocenters. The number of aromatic nitrogens is 2. The molecule has 0 aliphatic heterocycles. The lowest BCUT2D eigenvalue weighted by atomic mass is 10.2. The van der Waals surface area contributed by atoms with Crippen LogP contribution in [0.15, 0.2) is 24.5 Å². The number of nitrogens with one attached hydrogen (secondary N) is 1. The largest absolute Gasteiger partial charge is 0.467 e. The molecule has 2 aromatic rings. The highest BCUT2D eigenvalue weighted by molar-refractivity contribution is 5.86. The molecule has 0 saturated carbocycles. The lowest BCUT2D eigenvalue weighted by Crippen LogP contribution is -2.09. The van der Waals surface area contributed by atoms with Gasteiger partial charge in [0.25, 0.3) is 0 Å². The van der Waals surface area contributed by atoms with Crippen molar-refractivity contribution >= 4 is 17.0 Å². The van der Waals surface area contributed by atoms with Crippen LogP contribution in [0, 0.1) is 0 Å². The number of aromatic amines is 1. The maximum absolute atomic E-state index is 13.6. The number of methoxy groups -OCH3 is 1. The summed E-state index contributed by atoms with van der Waals surface area (Å²) in [5.41, 5.74) is 1.35. The Bertz CT molecular complexity index is 495. The van der Waals surface area contributed by atoms with Crippen molar-refractivity contribution in [2.24, 2.45) is 0 Å². The van der Waals surface area contributed by atoms with Gasteiger partial charge in [0.15, 0.2) is 0 Å². The first-order chi connectivity index (χ1) is 7.24. The van der Waals surface area contributed by atoms with E-state index in [1.165, 1.54) is 6.20 Å². The van der Waals surface area contributed by atoms with E-state index in [1.54, 1.807) is 18.3 Å². The molecule has 0 spiro atoms. The minimum Gasteiger partial charge on any atom is -0.467 e. The van der Waals surface area contributed by atoms with Crippen LogP contribution in [0.3, 0.4) is 0 Å². The second-order valence-electron chi connectivity index (χ2n) is 3.03. The summed E-state index contributed by atoms with van der Waals surface area (Å²) in [4.78, 5) is 17.9. The third kappa shape index (κ3) is 1.56. The second-order valence-corrected chi connectivity index (χ2v) is 3.03. The quantitative estimate of drug-likeness (QED) is 0.765. The first-order valence-electron chi connectivity index (χ1n) is 4.38. The molecule has 1 N–H and O–H groups in total. The van der Waals surface area contributed by atoms with Crippen molar-refractivity contribution < 1.29 is 13.9 Å². The zero-order valence-corrected chi connectivity index (χ0v) is 8.03. The third-order valence-electron chi connectivity index (χ3n) is 2.15. The van der Waals surface area contributed by atoms with E-state index in [2.05, 4.69) is 14.7 Å². The zero-order chi connectivity index (χ0) is 10.8. The van der Waals surface area contributed by atoms with Gasteiger partial charge in [0, 0.05) is 18.0 Å². The number of esters is 1. The van der Waals surface area contributed by atoms with Gasteiger partial charge in [0.1, 0.15) is 0 Å². The summed E-state index contributed by atoms with van der Waals surface area (Å²) < 4.78 is 17.9. The van der Waals surface area contributed by atoms with Gasteiger partial charge >= 0.3 is 5.97 Å². The predicted octanol–water partition coefficient (Wildman–Crippen LogP) is 1.75. The molecule has 0 aliphatic rings. The number of nitrogens with zero attached hydrogens (tertiary/aromatic N) is 1. The molecule has 15 heavy (non-hydrogen) atoms. The van der Waals surface area contributed by atoms with E-state index in [4.69, 9.17) is 0 Å². The summed E-state index contributed by atoms with van der Waals surface area (Å²) in [6, 6.07) is 3.49. The first-order valence-corrected chi connectivity index (χ1v) is 4.38. The number of hydrogen-bond donors (Lipinski definition) is 1. The Morgan fingerprint density at radius 2 is 2.47 bits per heavy atom. The Morgan fingerprint density at radius 1 is 1.67 bits per heavy atom. The molecule has 0 saturated heterocycles. The van der Waals surface area contributed by atoms with E-state index >= 15 is 0 Å². The fourth-order valence-corrected chi connectivity index (χ4v) is 1.40. The monoisotopic (exact) mass is 208 g/mol. The van der Waals surface area contributed by atoms with Gasteiger partial charge in [0.05, 0.1) is 18.1 Å². The van der Waals surface area contributed by atoms with Gasteiger partial charge < -0.3 is 9.72 Å². The summed E-state index contributed by atoms with van der Waals surface area (Å²) in [6.07, 6.45) is 1.18. The number of alkyl halides is 1. The van der Waals surface area contributed by atoms with Crippen LogP contribution in [0.5, 0.6) is 0 Å². The average Bonchev–Trinajstić information content (AvgIpc) is 2.70. The van der Waals surface area contributed by atoms with E-state index in [0.717, 1.165) is 7.11 Å². The number of ether oxygens (including phenoxy) is 1. The number of fused-ring (bicyclic) bond motifs is 1. The molecule has 0 radical (unpaired) electrons. The normalized spacial score (nSPS) is 12.7. The summed E-state index contributed by atoms with van der Waals surface area (Å²) in [6.45, 7) is 0. The summed E-state index contributed by atoms with van der Waals surface area (Å²) in [5, 5.41) is 0. The maximum atomic E-state index is 13.6. The number of carbonyl (C=O) groups is 1. The number of halogens is 1. The topological polar surface area (TPSA) is 55.0 Å². The molecule has 2 aromatic heterocycles. The predicted molar refractivity (Wildman–Crippen MR) is 52.0 cm³/mol. The Morgan fingerprint density at radius 3 is 3.20 bits per heavy atom. The second kappa shape index (κ2) is 3.68. The maximum Gasteiger partial charge on any atom is 0.345 e.